The Morgan fingerprint density at radius 3 is 2.73 bits per heavy atom. The van der Waals surface area contributed by atoms with Crippen LogP contribution in [0.3, 0.4) is 0 Å². The van der Waals surface area contributed by atoms with Gasteiger partial charge in [-0.3, -0.25) is 4.79 Å². The molecule has 88 valence electrons. The predicted octanol–water partition coefficient (Wildman–Crippen LogP) is 1.76. The Balaban J connectivity index is 0.00000196. The molecule has 0 bridgehead atoms. The second-order valence-electron chi connectivity index (χ2n) is 3.87. The molecule has 0 unspecified atom stereocenters. The SMILES string of the molecule is CC/C=C/C(=O)N[C@@H]1CCCC[C@H]1N.Cl. The Labute approximate surface area is 97.9 Å². The molecule has 0 aromatic rings. The summed E-state index contributed by atoms with van der Waals surface area (Å²) in [5.41, 5.74) is 5.92. The molecule has 0 heterocycles. The first-order valence-corrected chi connectivity index (χ1v) is 5.46. The van der Waals surface area contributed by atoms with Crippen molar-refractivity contribution in [3.05, 3.63) is 12.2 Å². The maximum Gasteiger partial charge on any atom is 0.243 e. The largest absolute Gasteiger partial charge is 0.348 e. The highest BCUT2D eigenvalue weighted by molar-refractivity contribution is 5.87. The van der Waals surface area contributed by atoms with E-state index in [1.54, 1.807) is 6.08 Å². The lowest BCUT2D eigenvalue weighted by molar-refractivity contribution is -0.117. The van der Waals surface area contributed by atoms with Gasteiger partial charge in [-0.1, -0.05) is 25.8 Å². The van der Waals surface area contributed by atoms with E-state index in [9.17, 15) is 4.79 Å². The van der Waals surface area contributed by atoms with E-state index in [0.717, 1.165) is 19.3 Å². The fourth-order valence-corrected chi connectivity index (χ4v) is 1.79. The molecule has 15 heavy (non-hydrogen) atoms. The van der Waals surface area contributed by atoms with Crippen molar-refractivity contribution in [2.75, 3.05) is 0 Å². The van der Waals surface area contributed by atoms with Gasteiger partial charge in [-0.15, -0.1) is 12.4 Å². The van der Waals surface area contributed by atoms with E-state index in [-0.39, 0.29) is 30.4 Å². The van der Waals surface area contributed by atoms with Crippen molar-refractivity contribution in [2.24, 2.45) is 5.73 Å². The topological polar surface area (TPSA) is 55.1 Å². The third kappa shape index (κ3) is 5.19. The van der Waals surface area contributed by atoms with Crippen LogP contribution in [0.2, 0.25) is 0 Å². The van der Waals surface area contributed by atoms with Crippen LogP contribution in [0.4, 0.5) is 0 Å². The first-order chi connectivity index (χ1) is 6.74. The maximum absolute atomic E-state index is 11.4. The number of nitrogens with one attached hydrogen (secondary N) is 1. The molecule has 1 rings (SSSR count). The van der Waals surface area contributed by atoms with E-state index in [1.165, 1.54) is 12.8 Å². The monoisotopic (exact) mass is 232 g/mol. The summed E-state index contributed by atoms with van der Waals surface area (Å²) in [6.07, 6.45) is 8.78. The molecule has 1 saturated carbocycles. The van der Waals surface area contributed by atoms with Gasteiger partial charge in [-0.25, -0.2) is 0 Å². The first kappa shape index (κ1) is 14.5. The van der Waals surface area contributed by atoms with Crippen molar-refractivity contribution < 1.29 is 4.79 Å². The third-order valence-corrected chi connectivity index (χ3v) is 2.65. The Morgan fingerprint density at radius 1 is 1.47 bits per heavy atom. The fourth-order valence-electron chi connectivity index (χ4n) is 1.79. The molecule has 1 aliphatic carbocycles. The third-order valence-electron chi connectivity index (χ3n) is 2.65. The number of allylic oxidation sites excluding steroid dienone is 1. The predicted molar refractivity (Wildman–Crippen MR) is 65.1 cm³/mol. The molecule has 0 radical (unpaired) electrons. The average Bonchev–Trinajstić information content (AvgIpc) is 2.18. The minimum atomic E-state index is -0.00537. The smallest absolute Gasteiger partial charge is 0.243 e. The molecule has 1 aliphatic rings. The second-order valence-corrected chi connectivity index (χ2v) is 3.87. The van der Waals surface area contributed by atoms with Crippen molar-refractivity contribution in [1.82, 2.24) is 5.32 Å². The summed E-state index contributed by atoms with van der Waals surface area (Å²) in [6.45, 7) is 2.01. The number of hydrogen-bond acceptors (Lipinski definition) is 2. The zero-order valence-corrected chi connectivity index (χ0v) is 10.1. The van der Waals surface area contributed by atoms with E-state index in [1.807, 2.05) is 13.0 Å². The van der Waals surface area contributed by atoms with Crippen molar-refractivity contribution >= 4 is 18.3 Å². The molecule has 2 atom stereocenters. The lowest BCUT2D eigenvalue weighted by Crippen LogP contribution is -2.48. The minimum absolute atomic E-state index is 0. The van der Waals surface area contributed by atoms with Gasteiger partial charge < -0.3 is 11.1 Å². The Morgan fingerprint density at radius 2 is 2.13 bits per heavy atom. The van der Waals surface area contributed by atoms with Gasteiger partial charge in [-0.05, 0) is 25.3 Å². The highest BCUT2D eigenvalue weighted by Gasteiger charge is 2.22. The number of carbonyl (C=O) groups is 1. The van der Waals surface area contributed by atoms with Crippen molar-refractivity contribution in [3.63, 3.8) is 0 Å². The summed E-state index contributed by atoms with van der Waals surface area (Å²) in [6, 6.07) is 0.320. The normalized spacial score (nSPS) is 26.0. The Bertz CT molecular complexity index is 219. The summed E-state index contributed by atoms with van der Waals surface area (Å²) in [5.74, 6) is -0.00537. The lowest BCUT2D eigenvalue weighted by Gasteiger charge is -2.28. The molecule has 0 spiro atoms. The molecule has 3 N–H and O–H groups in total. The zero-order valence-electron chi connectivity index (χ0n) is 9.24. The van der Waals surface area contributed by atoms with Gasteiger partial charge >= 0.3 is 0 Å². The van der Waals surface area contributed by atoms with E-state index in [0.29, 0.717) is 0 Å². The number of nitrogens with two attached hydrogens (primary N) is 1. The first-order valence-electron chi connectivity index (χ1n) is 5.46. The fraction of sp³-hybridized carbons (Fsp3) is 0.727. The van der Waals surface area contributed by atoms with Crippen LogP contribution in [0.25, 0.3) is 0 Å². The van der Waals surface area contributed by atoms with Crippen LogP contribution in [0.5, 0.6) is 0 Å². The van der Waals surface area contributed by atoms with Gasteiger partial charge in [0.1, 0.15) is 0 Å². The van der Waals surface area contributed by atoms with Gasteiger partial charge in [0.15, 0.2) is 0 Å². The number of rotatable bonds is 3. The molecule has 1 amide bonds. The molecular formula is C11H21ClN2O. The molecule has 0 saturated heterocycles. The van der Waals surface area contributed by atoms with Crippen LogP contribution in [0.15, 0.2) is 12.2 Å². The number of carbonyl (C=O) groups excluding carboxylic acids is 1. The zero-order chi connectivity index (χ0) is 10.4. The van der Waals surface area contributed by atoms with Crippen molar-refractivity contribution in [1.29, 1.82) is 0 Å². The van der Waals surface area contributed by atoms with Crippen LogP contribution in [-0.2, 0) is 4.79 Å². The summed E-state index contributed by atoms with van der Waals surface area (Å²) >= 11 is 0. The highest BCUT2D eigenvalue weighted by atomic mass is 35.5. The molecule has 0 aromatic carbocycles. The summed E-state index contributed by atoms with van der Waals surface area (Å²) in [5, 5.41) is 2.95. The van der Waals surface area contributed by atoms with E-state index >= 15 is 0 Å². The van der Waals surface area contributed by atoms with Crippen molar-refractivity contribution in [2.45, 2.75) is 51.1 Å². The van der Waals surface area contributed by atoms with Crippen LogP contribution in [0, 0.1) is 0 Å². The van der Waals surface area contributed by atoms with E-state index in [2.05, 4.69) is 5.32 Å². The van der Waals surface area contributed by atoms with Crippen molar-refractivity contribution in [3.8, 4) is 0 Å². The van der Waals surface area contributed by atoms with E-state index < -0.39 is 0 Å². The van der Waals surface area contributed by atoms with E-state index in [4.69, 9.17) is 5.73 Å². The van der Waals surface area contributed by atoms with Crippen LogP contribution in [-0.4, -0.2) is 18.0 Å². The van der Waals surface area contributed by atoms with Gasteiger partial charge in [0.2, 0.25) is 5.91 Å². The lowest BCUT2D eigenvalue weighted by atomic mass is 9.91. The summed E-state index contributed by atoms with van der Waals surface area (Å²) < 4.78 is 0. The van der Waals surface area contributed by atoms with Crippen LogP contribution < -0.4 is 11.1 Å². The number of halogens is 1. The van der Waals surface area contributed by atoms with Gasteiger partial charge in [-0.2, -0.15) is 0 Å². The molecule has 4 heteroatoms. The highest BCUT2D eigenvalue weighted by Crippen LogP contribution is 2.16. The van der Waals surface area contributed by atoms with Gasteiger partial charge in [0, 0.05) is 12.1 Å². The summed E-state index contributed by atoms with van der Waals surface area (Å²) in [7, 11) is 0. The molecule has 0 aliphatic heterocycles. The average molecular weight is 233 g/mol. The molecular weight excluding hydrogens is 212 g/mol. The number of hydrogen-bond donors (Lipinski definition) is 2. The van der Waals surface area contributed by atoms with Crippen LogP contribution >= 0.6 is 12.4 Å². The van der Waals surface area contributed by atoms with Gasteiger partial charge in [0.25, 0.3) is 0 Å². The second kappa shape index (κ2) is 7.71. The summed E-state index contributed by atoms with van der Waals surface area (Å²) in [4.78, 5) is 11.4. The number of amides is 1. The Hall–Kier alpha value is -0.540. The Kier molecular flexibility index (Phi) is 7.44. The standard InChI is InChI=1S/C11H20N2O.ClH/c1-2-3-8-11(14)13-10-7-5-4-6-9(10)12;/h3,8-10H,2,4-7,12H2,1H3,(H,13,14);1H/b8-3+;/t9-,10-;/m1./s1. The molecule has 1 fully saturated rings. The molecule has 3 nitrogen and oxygen atoms in total. The maximum atomic E-state index is 11.4. The minimum Gasteiger partial charge on any atom is -0.348 e. The van der Waals surface area contributed by atoms with Gasteiger partial charge in [0.05, 0.1) is 0 Å². The quantitative estimate of drug-likeness (QED) is 0.729. The van der Waals surface area contributed by atoms with Crippen LogP contribution in [0.1, 0.15) is 39.0 Å². The molecule has 0 aromatic heterocycles.